The number of hydrogen-bond donors (Lipinski definition) is 2. The van der Waals surface area contributed by atoms with Gasteiger partial charge in [-0.1, -0.05) is 47.7 Å². The van der Waals surface area contributed by atoms with Gasteiger partial charge < -0.3 is 11.1 Å². The van der Waals surface area contributed by atoms with Crippen LogP contribution in [0.1, 0.15) is 27.1 Å². The van der Waals surface area contributed by atoms with E-state index in [1.807, 2.05) is 48.5 Å². The standard InChI is InChI=1S/C17H14N6OS/c18-17-22-21-16(25-17)14(11-5-2-1-3-6-11)20-15(24)13-8-4-7-12-9-10-19-23(12)13/h1-10,14H,(H2,18,22)(H,20,24)/t14-/m1/s1. The number of nitrogen functional groups attached to an aromatic ring is 1. The third kappa shape index (κ3) is 2.94. The molecular weight excluding hydrogens is 336 g/mol. The Bertz CT molecular complexity index is 1030. The minimum atomic E-state index is -0.436. The normalized spacial score (nSPS) is 12.2. The van der Waals surface area contributed by atoms with Crippen molar-refractivity contribution in [2.75, 3.05) is 5.73 Å². The zero-order chi connectivity index (χ0) is 17.2. The summed E-state index contributed by atoms with van der Waals surface area (Å²) in [6.45, 7) is 0. The number of nitrogens with one attached hydrogen (secondary N) is 1. The number of anilines is 1. The van der Waals surface area contributed by atoms with Gasteiger partial charge in [-0.3, -0.25) is 4.79 Å². The maximum atomic E-state index is 12.9. The first-order chi connectivity index (χ1) is 12.2. The Morgan fingerprint density at radius 2 is 1.92 bits per heavy atom. The molecule has 124 valence electrons. The van der Waals surface area contributed by atoms with Crippen molar-refractivity contribution in [1.29, 1.82) is 0 Å². The number of nitrogens with two attached hydrogens (primary N) is 1. The number of hydrogen-bond acceptors (Lipinski definition) is 6. The summed E-state index contributed by atoms with van der Waals surface area (Å²) in [6.07, 6.45) is 1.66. The van der Waals surface area contributed by atoms with Crippen LogP contribution in [0.4, 0.5) is 5.13 Å². The molecule has 4 rings (SSSR count). The van der Waals surface area contributed by atoms with Gasteiger partial charge in [-0.15, -0.1) is 10.2 Å². The van der Waals surface area contributed by atoms with Gasteiger partial charge in [0.1, 0.15) is 16.7 Å². The topological polar surface area (TPSA) is 98.2 Å². The third-order valence-corrected chi connectivity index (χ3v) is 4.58. The molecule has 0 radical (unpaired) electrons. The van der Waals surface area contributed by atoms with Crippen molar-refractivity contribution in [2.45, 2.75) is 6.04 Å². The molecular formula is C17H14N6OS. The van der Waals surface area contributed by atoms with E-state index < -0.39 is 6.04 Å². The first-order valence-electron chi connectivity index (χ1n) is 7.60. The minimum Gasteiger partial charge on any atom is -0.374 e. The molecule has 0 aliphatic rings. The summed E-state index contributed by atoms with van der Waals surface area (Å²) < 4.78 is 1.60. The van der Waals surface area contributed by atoms with Gasteiger partial charge in [0.15, 0.2) is 0 Å². The molecule has 0 fully saturated rings. The Morgan fingerprint density at radius 1 is 1.08 bits per heavy atom. The predicted molar refractivity (Wildman–Crippen MR) is 95.3 cm³/mol. The van der Waals surface area contributed by atoms with E-state index in [4.69, 9.17) is 5.73 Å². The molecule has 1 atom stereocenters. The lowest BCUT2D eigenvalue weighted by molar-refractivity contribution is 0.0935. The summed E-state index contributed by atoms with van der Waals surface area (Å²) >= 11 is 1.25. The molecule has 0 spiro atoms. The molecule has 0 unspecified atom stereocenters. The summed E-state index contributed by atoms with van der Waals surface area (Å²) in [6, 6.07) is 16.4. The highest BCUT2D eigenvalue weighted by atomic mass is 32.1. The van der Waals surface area contributed by atoms with Crippen LogP contribution in [0.5, 0.6) is 0 Å². The van der Waals surface area contributed by atoms with E-state index >= 15 is 0 Å². The molecule has 8 heteroatoms. The van der Waals surface area contributed by atoms with Crippen LogP contribution in [-0.4, -0.2) is 25.7 Å². The zero-order valence-electron chi connectivity index (χ0n) is 13.0. The fourth-order valence-electron chi connectivity index (χ4n) is 2.62. The molecule has 1 aromatic carbocycles. The van der Waals surface area contributed by atoms with Gasteiger partial charge in [0, 0.05) is 0 Å². The number of carbonyl (C=O) groups is 1. The van der Waals surface area contributed by atoms with Gasteiger partial charge in [0.2, 0.25) is 5.13 Å². The Kier molecular flexibility index (Phi) is 3.87. The van der Waals surface area contributed by atoms with Gasteiger partial charge in [-0.2, -0.15) is 5.10 Å². The highest BCUT2D eigenvalue weighted by Gasteiger charge is 2.22. The summed E-state index contributed by atoms with van der Waals surface area (Å²) in [4.78, 5) is 12.9. The lowest BCUT2D eigenvalue weighted by atomic mass is 10.1. The molecule has 0 aliphatic heterocycles. The van der Waals surface area contributed by atoms with Gasteiger partial charge in [0.05, 0.1) is 11.7 Å². The number of carbonyl (C=O) groups excluding carboxylic acids is 1. The molecule has 0 bridgehead atoms. The van der Waals surface area contributed by atoms with Crippen LogP contribution in [0.15, 0.2) is 60.8 Å². The number of nitrogens with zero attached hydrogens (tertiary/aromatic N) is 4. The van der Waals surface area contributed by atoms with E-state index in [-0.39, 0.29) is 5.91 Å². The monoisotopic (exact) mass is 350 g/mol. The van der Waals surface area contributed by atoms with E-state index in [9.17, 15) is 4.79 Å². The quantitative estimate of drug-likeness (QED) is 0.588. The van der Waals surface area contributed by atoms with Gasteiger partial charge in [0.25, 0.3) is 5.91 Å². The molecule has 7 nitrogen and oxygen atoms in total. The molecule has 4 aromatic rings. The van der Waals surface area contributed by atoms with Crippen molar-refractivity contribution in [3.05, 3.63) is 77.1 Å². The van der Waals surface area contributed by atoms with Gasteiger partial charge in [-0.05, 0) is 23.8 Å². The van der Waals surface area contributed by atoms with E-state index in [1.165, 1.54) is 11.3 Å². The predicted octanol–water partition coefficient (Wildman–Crippen LogP) is 2.29. The number of fused-ring (bicyclic) bond motifs is 1. The summed E-state index contributed by atoms with van der Waals surface area (Å²) in [5.74, 6) is -0.253. The average molecular weight is 350 g/mol. The van der Waals surface area contributed by atoms with Crippen molar-refractivity contribution in [3.63, 3.8) is 0 Å². The molecule has 25 heavy (non-hydrogen) atoms. The van der Waals surface area contributed by atoms with Crippen LogP contribution >= 0.6 is 11.3 Å². The van der Waals surface area contributed by atoms with Crippen LogP contribution in [0, 0.1) is 0 Å². The van der Waals surface area contributed by atoms with Crippen LogP contribution < -0.4 is 11.1 Å². The molecule has 1 amide bonds. The van der Waals surface area contributed by atoms with E-state index in [0.29, 0.717) is 15.8 Å². The van der Waals surface area contributed by atoms with Crippen LogP contribution in [0.3, 0.4) is 0 Å². The number of aromatic nitrogens is 4. The fraction of sp³-hybridized carbons (Fsp3) is 0.0588. The van der Waals surface area contributed by atoms with Crippen molar-refractivity contribution < 1.29 is 4.79 Å². The number of pyridine rings is 1. The highest BCUT2D eigenvalue weighted by molar-refractivity contribution is 7.15. The molecule has 0 saturated heterocycles. The Hall–Kier alpha value is -3.26. The van der Waals surface area contributed by atoms with Gasteiger partial charge in [-0.25, -0.2) is 4.52 Å². The Balaban J connectivity index is 1.71. The largest absolute Gasteiger partial charge is 0.374 e. The van der Waals surface area contributed by atoms with Crippen LogP contribution in [0.25, 0.3) is 5.52 Å². The summed E-state index contributed by atoms with van der Waals surface area (Å²) in [5.41, 5.74) is 7.91. The second kappa shape index (κ2) is 6.33. The number of amides is 1. The molecule has 3 aromatic heterocycles. The smallest absolute Gasteiger partial charge is 0.270 e. The molecule has 0 aliphatic carbocycles. The first kappa shape index (κ1) is 15.3. The molecule has 3 N–H and O–H groups in total. The number of benzene rings is 1. The molecule has 3 heterocycles. The maximum absolute atomic E-state index is 12.9. The third-order valence-electron chi connectivity index (χ3n) is 3.77. The van der Waals surface area contributed by atoms with Gasteiger partial charge >= 0.3 is 0 Å². The SMILES string of the molecule is Nc1nnc([C@H](NC(=O)c2cccc3ccnn23)c2ccccc2)s1. The van der Waals surface area contributed by atoms with Crippen molar-refractivity contribution in [3.8, 4) is 0 Å². The highest BCUT2D eigenvalue weighted by Crippen LogP contribution is 2.26. The maximum Gasteiger partial charge on any atom is 0.270 e. The first-order valence-corrected chi connectivity index (χ1v) is 8.41. The lowest BCUT2D eigenvalue weighted by Gasteiger charge is -2.17. The minimum absolute atomic E-state index is 0.253. The summed E-state index contributed by atoms with van der Waals surface area (Å²) in [7, 11) is 0. The summed E-state index contributed by atoms with van der Waals surface area (Å²) in [5, 5.41) is 16.2. The number of rotatable bonds is 4. The van der Waals surface area contributed by atoms with Crippen LogP contribution in [0.2, 0.25) is 0 Å². The van der Waals surface area contributed by atoms with E-state index in [2.05, 4.69) is 20.6 Å². The fourth-order valence-corrected chi connectivity index (χ4v) is 3.31. The van der Waals surface area contributed by atoms with Crippen molar-refractivity contribution >= 4 is 27.9 Å². The Morgan fingerprint density at radius 3 is 2.68 bits per heavy atom. The second-order valence-corrected chi connectivity index (χ2v) is 6.42. The van der Waals surface area contributed by atoms with Crippen molar-refractivity contribution in [1.82, 2.24) is 25.1 Å². The lowest BCUT2D eigenvalue weighted by Crippen LogP contribution is -2.30. The second-order valence-electron chi connectivity index (χ2n) is 5.37. The zero-order valence-corrected chi connectivity index (χ0v) is 13.9. The molecule has 0 saturated carbocycles. The van der Waals surface area contributed by atoms with Crippen molar-refractivity contribution in [2.24, 2.45) is 0 Å². The van der Waals surface area contributed by atoms with E-state index in [0.717, 1.165) is 11.1 Å². The average Bonchev–Trinajstić information content (AvgIpc) is 3.28. The Labute approximate surface area is 147 Å². The van der Waals surface area contributed by atoms with Crippen LogP contribution in [-0.2, 0) is 0 Å². The van der Waals surface area contributed by atoms with E-state index in [1.54, 1.807) is 16.8 Å².